The summed E-state index contributed by atoms with van der Waals surface area (Å²) < 4.78 is 0. The minimum atomic E-state index is 0.661. The van der Waals surface area contributed by atoms with Gasteiger partial charge in [-0.1, -0.05) is 47.5 Å². The quantitative estimate of drug-likeness (QED) is 0.583. The molecule has 0 unspecified atom stereocenters. The Labute approximate surface area is 65.8 Å². The first-order valence-corrected chi connectivity index (χ1v) is 4.03. The predicted octanol–water partition coefficient (Wildman–Crippen LogP) is 3.50. The summed E-state index contributed by atoms with van der Waals surface area (Å²) in [4.78, 5) is 1.86. The fraction of sp³-hybridized carbons (Fsp3) is 0.500. The van der Waals surface area contributed by atoms with E-state index in [4.69, 9.17) is 0 Å². The molecular weight excluding hydrogens is 176 g/mol. The van der Waals surface area contributed by atoms with Gasteiger partial charge in [0.1, 0.15) is 0 Å². The van der Waals surface area contributed by atoms with Gasteiger partial charge in [-0.25, -0.2) is 0 Å². The van der Waals surface area contributed by atoms with Gasteiger partial charge < -0.3 is 0 Å². The standard InChI is InChI=1S/C8H13Br/c1-7(2)8(3)5-4-6-9/h4-7H,1-3H3/b6-4+,8-5+. The van der Waals surface area contributed by atoms with Crippen molar-refractivity contribution in [3.05, 3.63) is 22.7 Å². The molecule has 0 fully saturated rings. The van der Waals surface area contributed by atoms with Crippen LogP contribution in [-0.2, 0) is 0 Å². The minimum absolute atomic E-state index is 0.661. The largest absolute Gasteiger partial charge is 0.0708 e. The summed E-state index contributed by atoms with van der Waals surface area (Å²) in [6, 6.07) is 0. The Kier molecular flexibility index (Phi) is 4.78. The first-order valence-electron chi connectivity index (χ1n) is 3.12. The molecule has 0 aliphatic rings. The molecule has 0 bridgehead atoms. The lowest BCUT2D eigenvalue weighted by atomic mass is 10.1. The number of hydrogen-bond donors (Lipinski definition) is 0. The van der Waals surface area contributed by atoms with Crippen molar-refractivity contribution in [3.8, 4) is 0 Å². The fourth-order valence-electron chi connectivity index (χ4n) is 0.381. The van der Waals surface area contributed by atoms with Gasteiger partial charge in [0.05, 0.1) is 0 Å². The van der Waals surface area contributed by atoms with Crippen LogP contribution in [0.25, 0.3) is 0 Å². The van der Waals surface area contributed by atoms with Crippen molar-refractivity contribution < 1.29 is 0 Å². The lowest BCUT2D eigenvalue weighted by Gasteiger charge is -2.01. The smallest absolute Gasteiger partial charge is 0.0189 e. The molecule has 0 aliphatic heterocycles. The molecule has 0 aromatic carbocycles. The van der Waals surface area contributed by atoms with E-state index < -0.39 is 0 Å². The minimum Gasteiger partial charge on any atom is -0.0708 e. The first-order chi connectivity index (χ1) is 4.18. The van der Waals surface area contributed by atoms with Gasteiger partial charge in [-0.2, -0.15) is 0 Å². The molecule has 0 aromatic rings. The Morgan fingerprint density at radius 1 is 1.44 bits per heavy atom. The van der Waals surface area contributed by atoms with Crippen molar-refractivity contribution >= 4 is 15.9 Å². The molecule has 9 heavy (non-hydrogen) atoms. The van der Waals surface area contributed by atoms with Gasteiger partial charge in [0.25, 0.3) is 0 Å². The zero-order chi connectivity index (χ0) is 7.28. The van der Waals surface area contributed by atoms with Crippen LogP contribution in [0.1, 0.15) is 20.8 Å². The van der Waals surface area contributed by atoms with E-state index >= 15 is 0 Å². The lowest BCUT2D eigenvalue weighted by molar-refractivity contribution is 0.769. The SMILES string of the molecule is C/C(=C\C=C\Br)C(C)C. The van der Waals surface area contributed by atoms with Crippen LogP contribution < -0.4 is 0 Å². The van der Waals surface area contributed by atoms with Crippen molar-refractivity contribution in [2.45, 2.75) is 20.8 Å². The van der Waals surface area contributed by atoms with Crippen LogP contribution >= 0.6 is 15.9 Å². The van der Waals surface area contributed by atoms with Gasteiger partial charge in [-0.05, 0) is 17.8 Å². The molecule has 0 aliphatic carbocycles. The zero-order valence-corrected chi connectivity index (χ0v) is 7.77. The Hall–Kier alpha value is -0.0400. The van der Waals surface area contributed by atoms with Crippen LogP contribution in [0.5, 0.6) is 0 Å². The number of allylic oxidation sites excluding steroid dienone is 3. The average Bonchev–Trinajstić information content (AvgIpc) is 1.82. The highest BCUT2D eigenvalue weighted by Gasteiger charge is 1.91. The van der Waals surface area contributed by atoms with E-state index in [0.29, 0.717) is 5.92 Å². The molecule has 1 heteroatoms. The van der Waals surface area contributed by atoms with Gasteiger partial charge in [0, 0.05) is 0 Å². The molecular formula is C8H13Br. The summed E-state index contributed by atoms with van der Waals surface area (Å²) in [5.41, 5.74) is 1.41. The molecule has 0 aromatic heterocycles. The molecule has 0 rings (SSSR count). The van der Waals surface area contributed by atoms with E-state index in [1.54, 1.807) is 0 Å². The van der Waals surface area contributed by atoms with Crippen LogP contribution in [0.3, 0.4) is 0 Å². The van der Waals surface area contributed by atoms with Crippen molar-refractivity contribution in [1.82, 2.24) is 0 Å². The highest BCUT2D eigenvalue weighted by Crippen LogP contribution is 2.07. The van der Waals surface area contributed by atoms with Gasteiger partial charge >= 0.3 is 0 Å². The number of halogens is 1. The zero-order valence-electron chi connectivity index (χ0n) is 6.19. The van der Waals surface area contributed by atoms with Crippen molar-refractivity contribution in [3.63, 3.8) is 0 Å². The van der Waals surface area contributed by atoms with Crippen LogP contribution in [0.2, 0.25) is 0 Å². The molecule has 0 radical (unpaired) electrons. The molecule has 0 nitrogen and oxygen atoms in total. The van der Waals surface area contributed by atoms with Crippen molar-refractivity contribution in [2.75, 3.05) is 0 Å². The molecule has 0 amide bonds. The average molecular weight is 189 g/mol. The summed E-state index contributed by atoms with van der Waals surface area (Å²) in [5, 5.41) is 0. The van der Waals surface area contributed by atoms with E-state index in [0.717, 1.165) is 0 Å². The highest BCUT2D eigenvalue weighted by atomic mass is 79.9. The Balaban J connectivity index is 3.84. The summed E-state index contributed by atoms with van der Waals surface area (Å²) in [6.45, 7) is 6.51. The summed E-state index contributed by atoms with van der Waals surface area (Å²) in [6.07, 6.45) is 4.11. The van der Waals surface area contributed by atoms with Gasteiger partial charge in [-0.15, -0.1) is 0 Å². The molecule has 0 heterocycles. The maximum absolute atomic E-state index is 3.20. The monoisotopic (exact) mass is 188 g/mol. The molecule has 0 N–H and O–H groups in total. The Morgan fingerprint density at radius 2 is 2.00 bits per heavy atom. The highest BCUT2D eigenvalue weighted by molar-refractivity contribution is 9.11. The van der Waals surface area contributed by atoms with E-state index in [1.165, 1.54) is 5.57 Å². The van der Waals surface area contributed by atoms with E-state index in [2.05, 4.69) is 42.8 Å². The second-order valence-corrected chi connectivity index (χ2v) is 2.91. The molecule has 0 spiro atoms. The summed E-state index contributed by atoms with van der Waals surface area (Å²) in [7, 11) is 0. The Bertz CT molecular complexity index is 121. The van der Waals surface area contributed by atoms with Crippen LogP contribution in [-0.4, -0.2) is 0 Å². The van der Waals surface area contributed by atoms with Crippen LogP contribution in [0, 0.1) is 5.92 Å². The second-order valence-electron chi connectivity index (χ2n) is 2.38. The number of hydrogen-bond acceptors (Lipinski definition) is 0. The fourth-order valence-corrected chi connectivity index (χ4v) is 0.533. The van der Waals surface area contributed by atoms with Gasteiger partial charge in [0.2, 0.25) is 0 Å². The van der Waals surface area contributed by atoms with Gasteiger partial charge in [-0.3, -0.25) is 0 Å². The van der Waals surface area contributed by atoms with E-state index in [9.17, 15) is 0 Å². The normalized spacial score (nSPS) is 13.7. The van der Waals surface area contributed by atoms with Gasteiger partial charge in [0.15, 0.2) is 0 Å². The lowest BCUT2D eigenvalue weighted by Crippen LogP contribution is -1.86. The third kappa shape index (κ3) is 4.46. The molecule has 0 saturated carbocycles. The molecule has 0 saturated heterocycles. The van der Waals surface area contributed by atoms with Crippen LogP contribution in [0.4, 0.5) is 0 Å². The van der Waals surface area contributed by atoms with Crippen LogP contribution in [0.15, 0.2) is 22.7 Å². The third-order valence-corrected chi connectivity index (χ3v) is 1.65. The maximum Gasteiger partial charge on any atom is -0.0189 e. The maximum atomic E-state index is 3.20. The molecule has 0 atom stereocenters. The number of rotatable bonds is 2. The third-order valence-electron chi connectivity index (χ3n) is 1.34. The summed E-state index contributed by atoms with van der Waals surface area (Å²) >= 11 is 3.20. The summed E-state index contributed by atoms with van der Waals surface area (Å²) in [5.74, 6) is 0.661. The predicted molar refractivity (Wildman–Crippen MR) is 46.7 cm³/mol. The topological polar surface area (TPSA) is 0 Å². The van der Waals surface area contributed by atoms with Crippen molar-refractivity contribution in [1.29, 1.82) is 0 Å². The van der Waals surface area contributed by atoms with Crippen molar-refractivity contribution in [2.24, 2.45) is 5.92 Å². The Morgan fingerprint density at radius 3 is 2.33 bits per heavy atom. The van der Waals surface area contributed by atoms with E-state index in [1.807, 2.05) is 11.1 Å². The second kappa shape index (κ2) is 4.80. The first kappa shape index (κ1) is 8.96. The molecule has 52 valence electrons. The van der Waals surface area contributed by atoms with E-state index in [-0.39, 0.29) is 0 Å².